The van der Waals surface area contributed by atoms with Crippen molar-refractivity contribution in [3.63, 3.8) is 0 Å². The van der Waals surface area contributed by atoms with Gasteiger partial charge in [-0.05, 0) is 12.3 Å². The smallest absolute Gasteiger partial charge is 0.269 e. The third kappa shape index (κ3) is 2.07. The SMILES string of the molecule is CSCC1Cc2cc([N+](=O)[O-])ccc2O1. The molecule has 0 amide bonds. The van der Waals surface area contributed by atoms with Gasteiger partial charge in [0.15, 0.2) is 0 Å². The van der Waals surface area contributed by atoms with Crippen LogP contribution in [0.3, 0.4) is 0 Å². The summed E-state index contributed by atoms with van der Waals surface area (Å²) < 4.78 is 5.64. The molecular weight excluding hydrogens is 214 g/mol. The quantitative estimate of drug-likeness (QED) is 0.585. The number of non-ortho nitro benzene ring substituents is 1. The Morgan fingerprint density at radius 3 is 3.13 bits per heavy atom. The Hall–Kier alpha value is -1.23. The fourth-order valence-electron chi connectivity index (χ4n) is 1.70. The van der Waals surface area contributed by atoms with E-state index in [2.05, 4.69) is 0 Å². The molecule has 4 nitrogen and oxygen atoms in total. The highest BCUT2D eigenvalue weighted by Crippen LogP contribution is 2.32. The number of fused-ring (bicyclic) bond motifs is 1. The Morgan fingerprint density at radius 2 is 2.47 bits per heavy atom. The maximum absolute atomic E-state index is 10.6. The van der Waals surface area contributed by atoms with Gasteiger partial charge in [0.2, 0.25) is 0 Å². The predicted molar refractivity (Wildman–Crippen MR) is 59.6 cm³/mol. The van der Waals surface area contributed by atoms with Crippen LogP contribution in [-0.2, 0) is 6.42 Å². The third-order valence-electron chi connectivity index (χ3n) is 2.35. The fraction of sp³-hybridized carbons (Fsp3) is 0.400. The second-order valence-electron chi connectivity index (χ2n) is 3.45. The number of thioether (sulfide) groups is 1. The standard InChI is InChI=1S/C10H11NO3S/c1-15-6-9-5-7-4-8(11(12)13)2-3-10(7)14-9/h2-4,9H,5-6H2,1H3. The first-order chi connectivity index (χ1) is 7.20. The van der Waals surface area contributed by atoms with Crippen LogP contribution in [0.25, 0.3) is 0 Å². The molecule has 0 bridgehead atoms. The highest BCUT2D eigenvalue weighted by Gasteiger charge is 2.24. The van der Waals surface area contributed by atoms with E-state index in [0.29, 0.717) is 0 Å². The second-order valence-corrected chi connectivity index (χ2v) is 4.36. The van der Waals surface area contributed by atoms with Crippen LogP contribution in [-0.4, -0.2) is 23.0 Å². The largest absolute Gasteiger partial charge is 0.489 e. The van der Waals surface area contributed by atoms with E-state index < -0.39 is 0 Å². The minimum atomic E-state index is -0.373. The summed E-state index contributed by atoms with van der Waals surface area (Å²) in [5.74, 6) is 1.71. The molecule has 0 saturated carbocycles. The number of hydrogen-bond donors (Lipinski definition) is 0. The van der Waals surface area contributed by atoms with Gasteiger partial charge in [0, 0.05) is 29.9 Å². The highest BCUT2D eigenvalue weighted by molar-refractivity contribution is 7.98. The van der Waals surface area contributed by atoms with Crippen molar-refractivity contribution in [2.75, 3.05) is 12.0 Å². The number of hydrogen-bond acceptors (Lipinski definition) is 4. The van der Waals surface area contributed by atoms with Crippen LogP contribution in [0.15, 0.2) is 18.2 Å². The van der Waals surface area contributed by atoms with Crippen molar-refractivity contribution in [3.8, 4) is 5.75 Å². The molecule has 1 heterocycles. The molecule has 2 rings (SSSR count). The Morgan fingerprint density at radius 1 is 1.67 bits per heavy atom. The van der Waals surface area contributed by atoms with Gasteiger partial charge in [0.1, 0.15) is 11.9 Å². The lowest BCUT2D eigenvalue weighted by Crippen LogP contribution is -2.15. The van der Waals surface area contributed by atoms with E-state index in [4.69, 9.17) is 4.74 Å². The van der Waals surface area contributed by atoms with E-state index in [1.807, 2.05) is 6.26 Å². The van der Waals surface area contributed by atoms with Crippen LogP contribution < -0.4 is 4.74 Å². The normalized spacial score (nSPS) is 18.3. The van der Waals surface area contributed by atoms with Crippen LogP contribution in [0.2, 0.25) is 0 Å². The maximum atomic E-state index is 10.6. The minimum absolute atomic E-state index is 0.141. The molecule has 0 saturated heterocycles. The van der Waals surface area contributed by atoms with Crippen molar-refractivity contribution >= 4 is 17.4 Å². The topological polar surface area (TPSA) is 52.4 Å². The lowest BCUT2D eigenvalue weighted by Gasteiger charge is -2.07. The summed E-state index contributed by atoms with van der Waals surface area (Å²) in [6.07, 6.45) is 2.96. The van der Waals surface area contributed by atoms with E-state index >= 15 is 0 Å². The van der Waals surface area contributed by atoms with E-state index in [1.165, 1.54) is 6.07 Å². The van der Waals surface area contributed by atoms with Gasteiger partial charge >= 0.3 is 0 Å². The molecule has 1 aliphatic rings. The maximum Gasteiger partial charge on any atom is 0.269 e. The molecule has 0 aliphatic carbocycles. The van der Waals surface area contributed by atoms with Crippen molar-refractivity contribution in [1.29, 1.82) is 0 Å². The molecule has 0 spiro atoms. The summed E-state index contributed by atoms with van der Waals surface area (Å²) in [7, 11) is 0. The Labute approximate surface area is 91.8 Å². The molecule has 15 heavy (non-hydrogen) atoms. The van der Waals surface area contributed by atoms with E-state index in [0.717, 1.165) is 23.5 Å². The molecule has 1 aromatic carbocycles. The third-order valence-corrected chi connectivity index (χ3v) is 3.05. The molecule has 0 fully saturated rings. The zero-order valence-electron chi connectivity index (χ0n) is 8.30. The predicted octanol–water partition coefficient (Wildman–Crippen LogP) is 2.26. The lowest BCUT2D eigenvalue weighted by molar-refractivity contribution is -0.384. The van der Waals surface area contributed by atoms with Crippen molar-refractivity contribution in [2.24, 2.45) is 0 Å². The summed E-state index contributed by atoms with van der Waals surface area (Å²) in [5, 5.41) is 10.6. The van der Waals surface area contributed by atoms with Crippen LogP contribution in [0.4, 0.5) is 5.69 Å². The van der Waals surface area contributed by atoms with Crippen molar-refractivity contribution < 1.29 is 9.66 Å². The van der Waals surface area contributed by atoms with Gasteiger partial charge in [-0.1, -0.05) is 0 Å². The molecule has 5 heteroatoms. The van der Waals surface area contributed by atoms with Crippen molar-refractivity contribution in [3.05, 3.63) is 33.9 Å². The Bertz CT molecular complexity index is 394. The first-order valence-corrected chi connectivity index (χ1v) is 6.03. The molecule has 0 radical (unpaired) electrons. The van der Waals surface area contributed by atoms with Gasteiger partial charge in [0.05, 0.1) is 4.92 Å². The zero-order valence-corrected chi connectivity index (χ0v) is 9.12. The molecule has 1 aromatic rings. The molecule has 1 unspecified atom stereocenters. The van der Waals surface area contributed by atoms with Crippen LogP contribution in [0, 0.1) is 10.1 Å². The van der Waals surface area contributed by atoms with Gasteiger partial charge in [0.25, 0.3) is 5.69 Å². The molecule has 0 N–H and O–H groups in total. The molecule has 1 atom stereocenters. The monoisotopic (exact) mass is 225 g/mol. The highest BCUT2D eigenvalue weighted by atomic mass is 32.2. The number of benzene rings is 1. The summed E-state index contributed by atoms with van der Waals surface area (Å²) in [5.41, 5.74) is 1.09. The van der Waals surface area contributed by atoms with Gasteiger partial charge in [-0.3, -0.25) is 10.1 Å². The number of ether oxygens (including phenoxy) is 1. The number of nitrogens with zero attached hydrogens (tertiary/aromatic N) is 1. The van der Waals surface area contributed by atoms with Gasteiger partial charge < -0.3 is 4.74 Å². The number of nitro groups is 1. The molecule has 80 valence electrons. The van der Waals surface area contributed by atoms with Crippen LogP contribution in [0.5, 0.6) is 5.75 Å². The fourth-order valence-corrected chi connectivity index (χ4v) is 2.26. The van der Waals surface area contributed by atoms with Crippen molar-refractivity contribution in [1.82, 2.24) is 0 Å². The van der Waals surface area contributed by atoms with Crippen LogP contribution >= 0.6 is 11.8 Å². The lowest BCUT2D eigenvalue weighted by atomic mass is 10.1. The van der Waals surface area contributed by atoms with Gasteiger partial charge in [-0.15, -0.1) is 0 Å². The van der Waals surface area contributed by atoms with Gasteiger partial charge in [-0.2, -0.15) is 11.8 Å². The minimum Gasteiger partial charge on any atom is -0.489 e. The molecular formula is C10H11NO3S. The molecule has 0 aromatic heterocycles. The summed E-state index contributed by atoms with van der Waals surface area (Å²) in [6.45, 7) is 0. The second kappa shape index (κ2) is 4.10. The van der Waals surface area contributed by atoms with Crippen molar-refractivity contribution in [2.45, 2.75) is 12.5 Å². The molecule has 1 aliphatic heterocycles. The Kier molecular flexibility index (Phi) is 2.81. The Balaban J connectivity index is 2.20. The first-order valence-electron chi connectivity index (χ1n) is 4.63. The van der Waals surface area contributed by atoms with E-state index in [9.17, 15) is 10.1 Å². The number of rotatable bonds is 3. The zero-order chi connectivity index (χ0) is 10.8. The summed E-state index contributed by atoms with van der Waals surface area (Å²) in [6, 6.07) is 4.78. The van der Waals surface area contributed by atoms with Crippen LogP contribution in [0.1, 0.15) is 5.56 Å². The summed E-state index contributed by atoms with van der Waals surface area (Å²) in [4.78, 5) is 10.2. The summed E-state index contributed by atoms with van der Waals surface area (Å²) >= 11 is 1.72. The number of nitro benzene ring substituents is 1. The van der Waals surface area contributed by atoms with E-state index in [-0.39, 0.29) is 16.7 Å². The average Bonchev–Trinajstić information content (AvgIpc) is 2.59. The first kappa shape index (κ1) is 10.3. The average molecular weight is 225 g/mol. The van der Waals surface area contributed by atoms with E-state index in [1.54, 1.807) is 23.9 Å². The van der Waals surface area contributed by atoms with Gasteiger partial charge in [-0.25, -0.2) is 0 Å².